The average Bonchev–Trinajstić information content (AvgIpc) is 3.23. The number of hydrogen-bond donors (Lipinski definition) is 5. The van der Waals surface area contributed by atoms with Crippen LogP contribution in [-0.2, 0) is 32.6 Å². The normalized spacial score (nSPS) is 15.5. The Morgan fingerprint density at radius 1 is 0.920 bits per heavy atom. The van der Waals surface area contributed by atoms with Crippen LogP contribution in [0.15, 0.2) is 108 Å². The van der Waals surface area contributed by atoms with Crippen LogP contribution < -0.4 is 20.3 Å². The SMILES string of the molecule is CC(C)(CC(=O)N[C@@H]1CCc2ccccc2N(Cc2ccc(-c3ccccc3S(=O)(=O)NC(=O)c3ccccc3)cc2)C1=O)NC[C@H](O)CO. The van der Waals surface area contributed by atoms with E-state index in [0.717, 1.165) is 16.8 Å². The number of carbonyl (C=O) groups excluding carboxylic acids is 3. The second-order valence-electron chi connectivity index (χ2n) is 13.0. The van der Waals surface area contributed by atoms with Gasteiger partial charge in [-0.25, -0.2) is 13.1 Å². The van der Waals surface area contributed by atoms with Gasteiger partial charge in [-0.1, -0.05) is 78.9 Å². The molecule has 2 atom stereocenters. The van der Waals surface area contributed by atoms with Gasteiger partial charge in [0, 0.05) is 35.3 Å². The topological polar surface area (TPSA) is 165 Å². The first kappa shape index (κ1) is 36.4. The third kappa shape index (κ3) is 9.01. The Balaban J connectivity index is 1.33. The van der Waals surface area contributed by atoms with Crippen LogP contribution in [0.3, 0.4) is 0 Å². The minimum atomic E-state index is -4.21. The van der Waals surface area contributed by atoms with Crippen LogP contribution in [0, 0.1) is 0 Å². The summed E-state index contributed by atoms with van der Waals surface area (Å²) in [7, 11) is -4.21. The number of aliphatic hydroxyl groups is 2. The zero-order valence-electron chi connectivity index (χ0n) is 28.0. The molecule has 1 heterocycles. The van der Waals surface area contributed by atoms with Crippen molar-refractivity contribution in [3.8, 4) is 11.1 Å². The zero-order valence-corrected chi connectivity index (χ0v) is 28.8. The predicted octanol–water partition coefficient (Wildman–Crippen LogP) is 3.55. The van der Waals surface area contributed by atoms with Crippen LogP contribution in [0.2, 0.25) is 0 Å². The summed E-state index contributed by atoms with van der Waals surface area (Å²) in [6.07, 6.45) is 0.104. The van der Waals surface area contributed by atoms with Gasteiger partial charge in [-0.15, -0.1) is 0 Å². The second kappa shape index (κ2) is 15.8. The lowest BCUT2D eigenvalue weighted by Gasteiger charge is -2.29. The highest BCUT2D eigenvalue weighted by atomic mass is 32.2. The molecular formula is C38H42N4O7S. The molecule has 0 aliphatic carbocycles. The number of sulfonamides is 1. The van der Waals surface area contributed by atoms with E-state index >= 15 is 0 Å². The number of carbonyl (C=O) groups is 3. The van der Waals surface area contributed by atoms with Crippen LogP contribution in [0.5, 0.6) is 0 Å². The second-order valence-corrected chi connectivity index (χ2v) is 14.6. The van der Waals surface area contributed by atoms with Crippen molar-refractivity contribution in [1.82, 2.24) is 15.4 Å². The fourth-order valence-corrected chi connectivity index (χ4v) is 7.12. The lowest BCUT2D eigenvalue weighted by atomic mass is 9.99. The number of β-amino-alcohol motifs (C(OH)–C–C–N with tert-alkyl or cyclic N) is 1. The molecule has 4 aromatic rings. The third-order valence-electron chi connectivity index (χ3n) is 8.56. The largest absolute Gasteiger partial charge is 0.394 e. The molecule has 0 radical (unpaired) electrons. The van der Waals surface area contributed by atoms with Gasteiger partial charge >= 0.3 is 0 Å². The molecule has 1 aliphatic heterocycles. The summed E-state index contributed by atoms with van der Waals surface area (Å²) < 4.78 is 28.9. The summed E-state index contributed by atoms with van der Waals surface area (Å²) in [5.74, 6) is -1.30. The van der Waals surface area contributed by atoms with E-state index in [1.807, 2.05) is 50.2 Å². The highest BCUT2D eigenvalue weighted by Crippen LogP contribution is 2.31. The van der Waals surface area contributed by atoms with Crippen molar-refractivity contribution in [2.24, 2.45) is 0 Å². The standard InChI is InChI=1S/C38H42N4O7S/c1-38(2,39-23-30(44)25-43)22-35(45)40-32-21-20-28-10-6-8-14-33(28)42(37(32)47)24-26-16-18-27(19-17-26)31-13-7-9-15-34(31)50(48,49)41-36(46)29-11-4-3-5-12-29/h3-19,30,32,39,43-44H,20-25H2,1-2H3,(H,40,45)(H,41,46)/t30-,32+/m0/s1. The van der Waals surface area contributed by atoms with Crippen molar-refractivity contribution < 1.29 is 33.0 Å². The molecular weight excluding hydrogens is 657 g/mol. The van der Waals surface area contributed by atoms with E-state index in [9.17, 15) is 27.9 Å². The molecule has 4 aromatic carbocycles. The van der Waals surface area contributed by atoms with E-state index in [0.29, 0.717) is 24.0 Å². The summed E-state index contributed by atoms with van der Waals surface area (Å²) in [6, 6.07) is 28.6. The first-order valence-electron chi connectivity index (χ1n) is 16.4. The Kier molecular flexibility index (Phi) is 11.5. The molecule has 0 fully saturated rings. The van der Waals surface area contributed by atoms with Gasteiger partial charge in [0.25, 0.3) is 15.9 Å². The molecule has 0 bridgehead atoms. The average molecular weight is 699 g/mol. The van der Waals surface area contributed by atoms with Gasteiger partial charge < -0.3 is 25.7 Å². The zero-order chi connectivity index (χ0) is 35.9. The summed E-state index contributed by atoms with van der Waals surface area (Å²) in [5.41, 5.74) is 3.07. The monoisotopic (exact) mass is 698 g/mol. The first-order chi connectivity index (χ1) is 23.9. The Labute approximate surface area is 292 Å². The van der Waals surface area contributed by atoms with Crippen LogP contribution in [0.25, 0.3) is 11.1 Å². The number of amides is 3. The highest BCUT2D eigenvalue weighted by molar-refractivity contribution is 7.90. The summed E-state index contributed by atoms with van der Waals surface area (Å²) in [4.78, 5) is 41.5. The Morgan fingerprint density at radius 2 is 1.58 bits per heavy atom. The molecule has 0 aromatic heterocycles. The Morgan fingerprint density at radius 3 is 2.30 bits per heavy atom. The number of nitrogens with zero attached hydrogens (tertiary/aromatic N) is 1. The maximum atomic E-state index is 14.0. The van der Waals surface area contributed by atoms with E-state index in [1.165, 1.54) is 18.2 Å². The maximum absolute atomic E-state index is 14.0. The molecule has 0 unspecified atom stereocenters. The number of nitrogens with one attached hydrogen (secondary N) is 3. The van der Waals surface area contributed by atoms with Gasteiger partial charge in [0.2, 0.25) is 11.8 Å². The van der Waals surface area contributed by atoms with E-state index < -0.39 is 40.2 Å². The lowest BCUT2D eigenvalue weighted by Crippen LogP contribution is -2.51. The van der Waals surface area contributed by atoms with E-state index in [2.05, 4.69) is 15.4 Å². The van der Waals surface area contributed by atoms with Gasteiger partial charge in [-0.05, 0) is 67.6 Å². The molecule has 3 amide bonds. The Bertz CT molecular complexity index is 1930. The van der Waals surface area contributed by atoms with Crippen molar-refractivity contribution in [3.63, 3.8) is 0 Å². The van der Waals surface area contributed by atoms with Gasteiger partial charge in [0.05, 0.1) is 24.2 Å². The quantitative estimate of drug-likeness (QED) is 0.142. The van der Waals surface area contributed by atoms with Crippen LogP contribution >= 0.6 is 0 Å². The fraction of sp³-hybridized carbons (Fsp3) is 0.289. The van der Waals surface area contributed by atoms with Gasteiger partial charge in [0.1, 0.15) is 6.04 Å². The van der Waals surface area contributed by atoms with E-state index in [1.54, 1.807) is 53.4 Å². The number of benzene rings is 4. The molecule has 1 aliphatic rings. The number of aryl methyl sites for hydroxylation is 1. The molecule has 50 heavy (non-hydrogen) atoms. The van der Waals surface area contributed by atoms with Crippen molar-refractivity contribution in [2.75, 3.05) is 18.1 Å². The number of rotatable bonds is 13. The van der Waals surface area contributed by atoms with Crippen LogP contribution in [0.4, 0.5) is 5.69 Å². The Hall–Kier alpha value is -4.88. The molecule has 12 heteroatoms. The van der Waals surface area contributed by atoms with Crippen molar-refractivity contribution in [2.45, 2.75) is 62.2 Å². The smallest absolute Gasteiger partial charge is 0.264 e. The summed E-state index contributed by atoms with van der Waals surface area (Å²) in [5, 5.41) is 24.8. The van der Waals surface area contributed by atoms with E-state index in [4.69, 9.17) is 5.11 Å². The molecule has 0 spiro atoms. The van der Waals surface area contributed by atoms with Crippen molar-refractivity contribution in [3.05, 3.63) is 120 Å². The minimum absolute atomic E-state index is 0.0461. The maximum Gasteiger partial charge on any atom is 0.264 e. The fourth-order valence-electron chi connectivity index (χ4n) is 5.92. The third-order valence-corrected chi connectivity index (χ3v) is 9.95. The molecule has 5 N–H and O–H groups in total. The van der Waals surface area contributed by atoms with Gasteiger partial charge in [0.15, 0.2) is 0 Å². The van der Waals surface area contributed by atoms with Crippen LogP contribution in [0.1, 0.15) is 48.2 Å². The summed E-state index contributed by atoms with van der Waals surface area (Å²) in [6.45, 7) is 3.56. The molecule has 0 saturated heterocycles. The molecule has 5 rings (SSSR count). The molecule has 0 saturated carbocycles. The minimum Gasteiger partial charge on any atom is -0.394 e. The number of hydrogen-bond acceptors (Lipinski definition) is 8. The first-order valence-corrected chi connectivity index (χ1v) is 17.9. The highest BCUT2D eigenvalue weighted by Gasteiger charge is 2.33. The van der Waals surface area contributed by atoms with Crippen LogP contribution in [-0.4, -0.2) is 67.2 Å². The number of fused-ring (bicyclic) bond motifs is 1. The van der Waals surface area contributed by atoms with Gasteiger partial charge in [-0.2, -0.15) is 0 Å². The summed E-state index contributed by atoms with van der Waals surface area (Å²) >= 11 is 0. The lowest BCUT2D eigenvalue weighted by molar-refractivity contribution is -0.128. The number of aliphatic hydroxyl groups excluding tert-OH is 2. The number of para-hydroxylation sites is 1. The molecule has 11 nitrogen and oxygen atoms in total. The van der Waals surface area contributed by atoms with Gasteiger partial charge in [-0.3, -0.25) is 14.4 Å². The number of anilines is 1. The molecule has 262 valence electrons. The van der Waals surface area contributed by atoms with Crippen molar-refractivity contribution in [1.29, 1.82) is 0 Å². The predicted molar refractivity (Wildman–Crippen MR) is 191 cm³/mol. The van der Waals surface area contributed by atoms with Crippen molar-refractivity contribution >= 4 is 33.4 Å². The van der Waals surface area contributed by atoms with E-state index in [-0.39, 0.29) is 41.8 Å².